The van der Waals surface area contributed by atoms with Gasteiger partial charge in [-0.25, -0.2) is 9.59 Å². The van der Waals surface area contributed by atoms with Crippen LogP contribution in [0.4, 0.5) is 0 Å². The summed E-state index contributed by atoms with van der Waals surface area (Å²) in [5.41, 5.74) is 1.90. The van der Waals surface area contributed by atoms with Crippen LogP contribution in [0.5, 0.6) is 0 Å². The van der Waals surface area contributed by atoms with E-state index in [2.05, 4.69) is 0 Å². The number of hydrogen-bond donors (Lipinski definition) is 2. The first kappa shape index (κ1) is 35.9. The standard InChI is InChI=1S/C38H64O5/c39-37(40)34(28-31-22-16-10-4-1-5-11-17-23-31)29-43-30-35(38(41)42)36(32-24-18-12-6-2-7-13-19-25-32)33-26-20-14-8-3-9-15-21-27-33/h28,31-33H,1-27,29-30H2,(H,39,40)(H,41,42). The molecule has 0 heterocycles. The summed E-state index contributed by atoms with van der Waals surface area (Å²) in [5.74, 6) is -0.921. The van der Waals surface area contributed by atoms with Crippen LogP contribution in [0.2, 0.25) is 0 Å². The zero-order chi connectivity index (χ0) is 30.5. The van der Waals surface area contributed by atoms with Crippen molar-refractivity contribution >= 4 is 11.9 Å². The first-order valence-corrected chi connectivity index (χ1v) is 18.5. The van der Waals surface area contributed by atoms with Crippen molar-refractivity contribution < 1.29 is 24.5 Å². The molecule has 5 heteroatoms. The Bertz CT molecular complexity index is 800. The molecular formula is C38H64O5. The average molecular weight is 601 g/mol. The zero-order valence-electron chi connectivity index (χ0n) is 27.4. The Kier molecular flexibility index (Phi) is 18.3. The molecule has 0 aliphatic heterocycles. The van der Waals surface area contributed by atoms with Crippen molar-refractivity contribution in [2.24, 2.45) is 17.8 Å². The second-order valence-electron chi connectivity index (χ2n) is 14.0. The van der Waals surface area contributed by atoms with Gasteiger partial charge >= 0.3 is 11.9 Å². The lowest BCUT2D eigenvalue weighted by atomic mass is 9.74. The van der Waals surface area contributed by atoms with Crippen molar-refractivity contribution in [2.75, 3.05) is 13.2 Å². The van der Waals surface area contributed by atoms with E-state index in [4.69, 9.17) is 4.74 Å². The number of hydrogen-bond acceptors (Lipinski definition) is 3. The maximum Gasteiger partial charge on any atom is 0.333 e. The van der Waals surface area contributed by atoms with Crippen LogP contribution in [0, 0.1) is 17.8 Å². The minimum atomic E-state index is -0.933. The fourth-order valence-corrected chi connectivity index (χ4v) is 8.07. The maximum absolute atomic E-state index is 13.0. The van der Waals surface area contributed by atoms with E-state index in [0.29, 0.717) is 23.0 Å². The van der Waals surface area contributed by atoms with Gasteiger partial charge in [0, 0.05) is 0 Å². The average Bonchev–Trinajstić information content (AvgIpc) is 3.00. The van der Waals surface area contributed by atoms with Gasteiger partial charge in [-0.2, -0.15) is 0 Å². The molecule has 0 radical (unpaired) electrons. The molecule has 3 aliphatic rings. The minimum Gasteiger partial charge on any atom is -0.478 e. The predicted octanol–water partition coefficient (Wildman–Crippen LogP) is 10.8. The smallest absolute Gasteiger partial charge is 0.333 e. The monoisotopic (exact) mass is 600 g/mol. The molecule has 246 valence electrons. The van der Waals surface area contributed by atoms with Gasteiger partial charge in [-0.05, 0) is 56.3 Å². The Balaban J connectivity index is 1.82. The van der Waals surface area contributed by atoms with E-state index in [-0.39, 0.29) is 19.1 Å². The van der Waals surface area contributed by atoms with E-state index < -0.39 is 11.9 Å². The van der Waals surface area contributed by atoms with Crippen molar-refractivity contribution in [3.05, 3.63) is 22.8 Å². The lowest BCUT2D eigenvalue weighted by Crippen LogP contribution is -2.23. The van der Waals surface area contributed by atoms with E-state index in [1.54, 1.807) is 0 Å². The second kappa shape index (κ2) is 22.0. The molecule has 5 nitrogen and oxygen atoms in total. The summed E-state index contributed by atoms with van der Waals surface area (Å²) in [7, 11) is 0. The van der Waals surface area contributed by atoms with Gasteiger partial charge in [-0.3, -0.25) is 0 Å². The quantitative estimate of drug-likeness (QED) is 0.257. The highest BCUT2D eigenvalue weighted by Gasteiger charge is 2.29. The van der Waals surface area contributed by atoms with Crippen LogP contribution in [0.25, 0.3) is 0 Å². The number of allylic oxidation sites excluding steroid dienone is 2. The van der Waals surface area contributed by atoms with Crippen molar-refractivity contribution in [1.82, 2.24) is 0 Å². The van der Waals surface area contributed by atoms with E-state index in [1.807, 2.05) is 6.08 Å². The van der Waals surface area contributed by atoms with Crippen LogP contribution in [0.3, 0.4) is 0 Å². The van der Waals surface area contributed by atoms with E-state index in [0.717, 1.165) is 51.4 Å². The normalized spacial score (nSPS) is 22.7. The van der Waals surface area contributed by atoms with Crippen LogP contribution in [-0.2, 0) is 14.3 Å². The Morgan fingerprint density at radius 2 is 0.837 bits per heavy atom. The first-order valence-electron chi connectivity index (χ1n) is 18.5. The second-order valence-corrected chi connectivity index (χ2v) is 14.0. The third-order valence-corrected chi connectivity index (χ3v) is 10.6. The zero-order valence-corrected chi connectivity index (χ0v) is 27.4. The number of ether oxygens (including phenoxy) is 1. The largest absolute Gasteiger partial charge is 0.478 e. The summed E-state index contributed by atoms with van der Waals surface area (Å²) >= 11 is 0. The van der Waals surface area contributed by atoms with Gasteiger partial charge in [0.05, 0.1) is 24.4 Å². The third kappa shape index (κ3) is 14.4. The van der Waals surface area contributed by atoms with Crippen LogP contribution in [0.1, 0.15) is 173 Å². The molecule has 3 saturated carbocycles. The van der Waals surface area contributed by atoms with Gasteiger partial charge in [0.2, 0.25) is 0 Å². The number of aliphatic carboxylic acids is 2. The molecule has 3 fully saturated rings. The number of carboxylic acids is 2. The highest BCUT2D eigenvalue weighted by molar-refractivity contribution is 5.88. The summed E-state index contributed by atoms with van der Waals surface area (Å²) in [6.45, 7) is -0.0157. The van der Waals surface area contributed by atoms with Crippen molar-refractivity contribution in [1.29, 1.82) is 0 Å². The van der Waals surface area contributed by atoms with Crippen molar-refractivity contribution in [2.45, 2.75) is 173 Å². The van der Waals surface area contributed by atoms with Gasteiger partial charge in [-0.1, -0.05) is 146 Å². The van der Waals surface area contributed by atoms with Gasteiger partial charge in [0.15, 0.2) is 0 Å². The minimum absolute atomic E-state index is 0.00690. The lowest BCUT2D eigenvalue weighted by Gasteiger charge is -2.31. The van der Waals surface area contributed by atoms with Gasteiger partial charge in [0.1, 0.15) is 0 Å². The molecule has 0 bridgehead atoms. The molecule has 0 atom stereocenters. The highest BCUT2D eigenvalue weighted by atomic mass is 16.5. The number of carboxylic acid groups (broad SMARTS) is 2. The summed E-state index contributed by atoms with van der Waals surface area (Å²) in [6, 6.07) is 0. The first-order chi connectivity index (χ1) is 21.1. The Labute approximate surface area is 263 Å². The number of carbonyl (C=O) groups is 2. The van der Waals surface area contributed by atoms with E-state index in [1.165, 1.54) is 128 Å². The molecule has 0 unspecified atom stereocenters. The molecule has 3 aliphatic carbocycles. The maximum atomic E-state index is 13.0. The summed E-state index contributed by atoms with van der Waals surface area (Å²) in [4.78, 5) is 25.2. The molecule has 3 rings (SSSR count). The van der Waals surface area contributed by atoms with E-state index in [9.17, 15) is 19.8 Å². The molecule has 2 N–H and O–H groups in total. The van der Waals surface area contributed by atoms with Crippen molar-refractivity contribution in [3.63, 3.8) is 0 Å². The third-order valence-electron chi connectivity index (χ3n) is 10.6. The molecular weight excluding hydrogens is 536 g/mol. The lowest BCUT2D eigenvalue weighted by molar-refractivity contribution is -0.133. The molecule has 0 saturated heterocycles. The Morgan fingerprint density at radius 3 is 1.19 bits per heavy atom. The Hall–Kier alpha value is -1.62. The van der Waals surface area contributed by atoms with Crippen LogP contribution < -0.4 is 0 Å². The topological polar surface area (TPSA) is 83.8 Å². The highest BCUT2D eigenvalue weighted by Crippen LogP contribution is 2.39. The fraction of sp³-hybridized carbons (Fsp3) is 0.842. The molecule has 0 aromatic carbocycles. The molecule has 0 aromatic heterocycles. The van der Waals surface area contributed by atoms with Crippen LogP contribution in [0.15, 0.2) is 22.8 Å². The molecule has 0 aromatic rings. The van der Waals surface area contributed by atoms with Crippen LogP contribution in [-0.4, -0.2) is 35.4 Å². The fourth-order valence-electron chi connectivity index (χ4n) is 8.07. The Morgan fingerprint density at radius 1 is 0.488 bits per heavy atom. The van der Waals surface area contributed by atoms with E-state index >= 15 is 0 Å². The van der Waals surface area contributed by atoms with Gasteiger partial charge < -0.3 is 14.9 Å². The molecule has 43 heavy (non-hydrogen) atoms. The van der Waals surface area contributed by atoms with Crippen LogP contribution >= 0.6 is 0 Å². The molecule has 0 amide bonds. The van der Waals surface area contributed by atoms with Crippen molar-refractivity contribution in [3.8, 4) is 0 Å². The van der Waals surface area contributed by atoms with Gasteiger partial charge in [-0.15, -0.1) is 0 Å². The molecule has 0 spiro atoms. The number of rotatable bonds is 9. The summed E-state index contributed by atoms with van der Waals surface area (Å²) in [6.07, 6.45) is 34.3. The predicted molar refractivity (Wildman–Crippen MR) is 176 cm³/mol. The summed E-state index contributed by atoms with van der Waals surface area (Å²) in [5, 5.41) is 20.7. The summed E-state index contributed by atoms with van der Waals surface area (Å²) < 4.78 is 6.10. The van der Waals surface area contributed by atoms with Gasteiger partial charge in [0.25, 0.3) is 0 Å². The SMILES string of the molecule is O=C(O)C(=CC1CCCCCCCCC1)COCC(C(=O)O)=C(C1CCCCCCCCC1)C1CCCCCCCCC1.